The van der Waals surface area contributed by atoms with E-state index in [0.29, 0.717) is 17.9 Å². The highest BCUT2D eigenvalue weighted by molar-refractivity contribution is 5.50. The number of nitrogens with zero attached hydrogens (tertiary/aromatic N) is 4. The smallest absolute Gasteiger partial charge is 0.350 e. The number of hydrogen-bond acceptors (Lipinski definition) is 4. The van der Waals surface area contributed by atoms with Crippen LogP contribution in [0.5, 0.6) is 0 Å². The molecule has 0 saturated carbocycles. The van der Waals surface area contributed by atoms with Gasteiger partial charge >= 0.3 is 6.18 Å². The molecule has 2 aromatic carbocycles. The van der Waals surface area contributed by atoms with Crippen LogP contribution in [0.4, 0.5) is 18.9 Å². The van der Waals surface area contributed by atoms with Crippen molar-refractivity contribution < 1.29 is 17.9 Å². The van der Waals surface area contributed by atoms with Crippen molar-refractivity contribution in [2.24, 2.45) is 0 Å². The van der Waals surface area contributed by atoms with Crippen LogP contribution in [-0.2, 0) is 17.5 Å². The lowest BCUT2D eigenvalue weighted by Gasteiger charge is -2.23. The summed E-state index contributed by atoms with van der Waals surface area (Å²) in [6.45, 7) is 3.53. The number of aryl methyl sites for hydroxylation is 1. The number of aromatic nitrogens is 3. The van der Waals surface area contributed by atoms with Gasteiger partial charge in [0.15, 0.2) is 6.23 Å². The summed E-state index contributed by atoms with van der Waals surface area (Å²) in [6, 6.07) is 13.3. The number of halogens is 3. The van der Waals surface area contributed by atoms with Gasteiger partial charge in [-0.25, -0.2) is 4.68 Å². The van der Waals surface area contributed by atoms with E-state index in [1.165, 1.54) is 10.7 Å². The van der Waals surface area contributed by atoms with Crippen molar-refractivity contribution in [3.8, 4) is 0 Å². The molecule has 1 aromatic heterocycles. The highest BCUT2D eigenvalue weighted by atomic mass is 19.4. The number of rotatable bonds is 4. The van der Waals surface area contributed by atoms with Crippen LogP contribution in [0.3, 0.4) is 0 Å². The molecule has 1 aliphatic heterocycles. The lowest BCUT2D eigenvalue weighted by molar-refractivity contribution is -0.137. The number of ether oxygens (including phenoxy) is 1. The maximum atomic E-state index is 12.9. The van der Waals surface area contributed by atoms with Crippen molar-refractivity contribution in [1.82, 2.24) is 15.0 Å². The zero-order chi connectivity index (χ0) is 19.7. The van der Waals surface area contributed by atoms with E-state index in [-0.39, 0.29) is 12.8 Å². The van der Waals surface area contributed by atoms with Gasteiger partial charge < -0.3 is 9.64 Å². The molecule has 5 nitrogen and oxygen atoms in total. The molecule has 8 heteroatoms. The fraction of sp³-hybridized carbons (Fsp3) is 0.300. The Hall–Kier alpha value is -2.87. The average Bonchev–Trinajstić information content (AvgIpc) is 3.30. The van der Waals surface area contributed by atoms with Gasteiger partial charge in [0.05, 0.1) is 24.9 Å². The maximum absolute atomic E-state index is 12.9. The van der Waals surface area contributed by atoms with Gasteiger partial charge in [0, 0.05) is 12.2 Å². The van der Waals surface area contributed by atoms with Crippen molar-refractivity contribution in [3.63, 3.8) is 0 Å². The van der Waals surface area contributed by atoms with Crippen LogP contribution in [0, 0.1) is 6.92 Å². The van der Waals surface area contributed by atoms with E-state index in [4.69, 9.17) is 4.74 Å². The van der Waals surface area contributed by atoms with Crippen LogP contribution in [0.1, 0.15) is 28.6 Å². The summed E-state index contributed by atoms with van der Waals surface area (Å²) in [7, 11) is 0. The molecular formula is C20H19F3N4O. The third-order valence-corrected chi connectivity index (χ3v) is 4.63. The maximum Gasteiger partial charge on any atom is 0.416 e. The predicted molar refractivity (Wildman–Crippen MR) is 97.8 cm³/mol. The normalized spacial score (nSPS) is 17.3. The Kier molecular flexibility index (Phi) is 4.80. The van der Waals surface area contributed by atoms with Gasteiger partial charge in [0.25, 0.3) is 0 Å². The molecule has 1 saturated heterocycles. The molecule has 1 atom stereocenters. The third-order valence-electron chi connectivity index (χ3n) is 4.63. The Morgan fingerprint density at radius 3 is 2.75 bits per heavy atom. The Morgan fingerprint density at radius 2 is 1.96 bits per heavy atom. The van der Waals surface area contributed by atoms with Crippen LogP contribution in [0.2, 0.25) is 0 Å². The molecule has 0 aliphatic carbocycles. The summed E-state index contributed by atoms with van der Waals surface area (Å²) in [4.78, 5) is 2.10. The molecule has 0 radical (unpaired) electrons. The summed E-state index contributed by atoms with van der Waals surface area (Å²) < 4.78 is 46.0. The standard InChI is InChI=1S/C20H19F3N4O/c1-14-4-2-7-17(10-14)27-8-9-28-19(27)18-13-26(25-24-18)12-15-5-3-6-16(11-15)20(21,22)23/h2-7,10-11,13,19H,8-9,12H2,1H3/t19-/m1/s1. The van der Waals surface area contributed by atoms with Gasteiger partial charge in [0.1, 0.15) is 5.69 Å². The molecule has 0 spiro atoms. The fourth-order valence-electron chi connectivity index (χ4n) is 3.32. The molecule has 3 aromatic rings. The minimum Gasteiger partial charge on any atom is -0.350 e. The van der Waals surface area contributed by atoms with E-state index in [1.807, 2.05) is 25.1 Å². The zero-order valence-electron chi connectivity index (χ0n) is 15.2. The number of anilines is 1. The van der Waals surface area contributed by atoms with Crippen molar-refractivity contribution in [3.05, 3.63) is 77.1 Å². The lowest BCUT2D eigenvalue weighted by Crippen LogP contribution is -2.23. The van der Waals surface area contributed by atoms with Crippen LogP contribution in [-0.4, -0.2) is 28.1 Å². The summed E-state index contributed by atoms with van der Waals surface area (Å²) >= 11 is 0. The zero-order valence-corrected chi connectivity index (χ0v) is 15.2. The second kappa shape index (κ2) is 7.27. The second-order valence-electron chi connectivity index (χ2n) is 6.79. The molecule has 146 valence electrons. The molecule has 0 bridgehead atoms. The monoisotopic (exact) mass is 388 g/mol. The number of hydrogen-bond donors (Lipinski definition) is 0. The molecule has 28 heavy (non-hydrogen) atoms. The van der Waals surface area contributed by atoms with Gasteiger partial charge in [-0.2, -0.15) is 13.2 Å². The summed E-state index contributed by atoms with van der Waals surface area (Å²) in [6.07, 6.45) is -3.01. The van der Waals surface area contributed by atoms with Gasteiger partial charge in [-0.15, -0.1) is 5.10 Å². The summed E-state index contributed by atoms with van der Waals surface area (Å²) in [5.74, 6) is 0. The van der Waals surface area contributed by atoms with Crippen molar-refractivity contribution in [1.29, 1.82) is 0 Å². The molecule has 0 N–H and O–H groups in total. The average molecular weight is 388 g/mol. The van der Waals surface area contributed by atoms with Gasteiger partial charge in [-0.1, -0.05) is 29.5 Å². The molecule has 0 amide bonds. The number of alkyl halides is 3. The summed E-state index contributed by atoms with van der Waals surface area (Å²) in [5.41, 5.74) is 2.65. The molecule has 1 aliphatic rings. The SMILES string of the molecule is Cc1cccc(N2CCO[C@@H]2c2cn(Cc3cccc(C(F)(F)F)c3)nn2)c1. The van der Waals surface area contributed by atoms with Crippen LogP contribution < -0.4 is 4.90 Å². The molecule has 0 unspecified atom stereocenters. The van der Waals surface area contributed by atoms with E-state index < -0.39 is 11.7 Å². The van der Waals surface area contributed by atoms with E-state index in [9.17, 15) is 13.2 Å². The largest absolute Gasteiger partial charge is 0.416 e. The Bertz CT molecular complexity index is 970. The first kappa shape index (κ1) is 18.5. The van der Waals surface area contributed by atoms with Gasteiger partial charge in [0.2, 0.25) is 0 Å². The van der Waals surface area contributed by atoms with E-state index in [1.54, 1.807) is 12.3 Å². The Morgan fingerprint density at radius 1 is 1.14 bits per heavy atom. The highest BCUT2D eigenvalue weighted by Crippen LogP contribution is 2.32. The van der Waals surface area contributed by atoms with Gasteiger partial charge in [-0.05, 0) is 42.3 Å². The molecule has 1 fully saturated rings. The van der Waals surface area contributed by atoms with Gasteiger partial charge in [-0.3, -0.25) is 0 Å². The predicted octanol–water partition coefficient (Wildman–Crippen LogP) is 4.19. The second-order valence-corrected chi connectivity index (χ2v) is 6.79. The van der Waals surface area contributed by atoms with Crippen molar-refractivity contribution >= 4 is 5.69 Å². The molecule has 2 heterocycles. The van der Waals surface area contributed by atoms with Crippen LogP contribution >= 0.6 is 0 Å². The molecule has 4 rings (SSSR count). The summed E-state index contributed by atoms with van der Waals surface area (Å²) in [5, 5.41) is 8.26. The van der Waals surface area contributed by atoms with Crippen LogP contribution in [0.25, 0.3) is 0 Å². The van der Waals surface area contributed by atoms with Crippen molar-refractivity contribution in [2.75, 3.05) is 18.1 Å². The first-order valence-electron chi connectivity index (χ1n) is 8.91. The first-order valence-corrected chi connectivity index (χ1v) is 8.91. The lowest BCUT2D eigenvalue weighted by atomic mass is 10.1. The highest BCUT2D eigenvalue weighted by Gasteiger charge is 2.31. The van der Waals surface area contributed by atoms with E-state index >= 15 is 0 Å². The van der Waals surface area contributed by atoms with E-state index in [2.05, 4.69) is 21.3 Å². The van der Waals surface area contributed by atoms with E-state index in [0.717, 1.165) is 29.9 Å². The van der Waals surface area contributed by atoms with Crippen LogP contribution in [0.15, 0.2) is 54.7 Å². The Labute approximate surface area is 160 Å². The Balaban J connectivity index is 1.53. The topological polar surface area (TPSA) is 43.2 Å². The quantitative estimate of drug-likeness (QED) is 0.672. The fourth-order valence-corrected chi connectivity index (χ4v) is 3.32. The number of benzene rings is 2. The molecular weight excluding hydrogens is 369 g/mol. The minimum absolute atomic E-state index is 0.202. The van der Waals surface area contributed by atoms with Crippen molar-refractivity contribution in [2.45, 2.75) is 25.9 Å². The first-order chi connectivity index (χ1) is 13.4. The minimum atomic E-state index is -4.37. The third kappa shape index (κ3) is 3.87.